The summed E-state index contributed by atoms with van der Waals surface area (Å²) in [4.78, 5) is 0. The molecule has 0 aromatic carbocycles. The second-order valence-corrected chi connectivity index (χ2v) is 12.3. The normalized spacial score (nSPS) is 55.2. The lowest BCUT2D eigenvalue weighted by atomic mass is 9.41. The van der Waals surface area contributed by atoms with Crippen LogP contribution in [0.2, 0.25) is 0 Å². The SMILES string of the molecule is CC(/C=C/[C@@H](C)[C@H]1C[C@@H](O)[C@@H]2[C@]1(C)CC[C@H]1[C@@]2(O)CC(O)C2[C@@H](O)[C@@H](O)CC[C@@]21C)CO. The summed E-state index contributed by atoms with van der Waals surface area (Å²) < 4.78 is 0. The molecule has 0 heterocycles. The van der Waals surface area contributed by atoms with Crippen molar-refractivity contribution in [1.29, 1.82) is 0 Å². The predicted molar refractivity (Wildman–Crippen MR) is 121 cm³/mol. The highest BCUT2D eigenvalue weighted by Gasteiger charge is 2.71. The van der Waals surface area contributed by atoms with Gasteiger partial charge in [-0.25, -0.2) is 0 Å². The number of rotatable bonds is 4. The zero-order valence-corrected chi connectivity index (χ0v) is 20.1. The maximum atomic E-state index is 12.3. The van der Waals surface area contributed by atoms with Gasteiger partial charge in [-0.3, -0.25) is 0 Å². The molecule has 32 heavy (non-hydrogen) atoms. The first kappa shape index (κ1) is 24.6. The van der Waals surface area contributed by atoms with Gasteiger partial charge in [0, 0.05) is 24.9 Å². The van der Waals surface area contributed by atoms with Gasteiger partial charge >= 0.3 is 0 Å². The van der Waals surface area contributed by atoms with Crippen molar-refractivity contribution in [1.82, 2.24) is 0 Å². The zero-order valence-electron chi connectivity index (χ0n) is 20.1. The highest BCUT2D eigenvalue weighted by atomic mass is 16.3. The minimum atomic E-state index is -1.20. The number of aliphatic hydroxyl groups is 6. The van der Waals surface area contributed by atoms with Crippen molar-refractivity contribution in [2.75, 3.05) is 6.61 Å². The fourth-order valence-electron chi connectivity index (χ4n) is 9.01. The second kappa shape index (κ2) is 8.31. The van der Waals surface area contributed by atoms with Crippen molar-refractivity contribution in [3.8, 4) is 0 Å². The smallest absolute Gasteiger partial charge is 0.0857 e. The minimum Gasteiger partial charge on any atom is -0.396 e. The van der Waals surface area contributed by atoms with Crippen LogP contribution in [0.25, 0.3) is 0 Å². The van der Waals surface area contributed by atoms with E-state index in [0.717, 1.165) is 12.8 Å². The molecule has 0 aromatic heterocycles. The van der Waals surface area contributed by atoms with Crippen LogP contribution >= 0.6 is 0 Å². The molecular weight excluding hydrogens is 408 g/mol. The first-order valence-electron chi connectivity index (χ1n) is 12.6. The summed E-state index contributed by atoms with van der Waals surface area (Å²) in [5.74, 6) is -0.422. The van der Waals surface area contributed by atoms with E-state index in [2.05, 4.69) is 26.8 Å². The molecule has 3 unspecified atom stereocenters. The highest BCUT2D eigenvalue weighted by Crippen LogP contribution is 2.69. The highest BCUT2D eigenvalue weighted by molar-refractivity contribution is 5.21. The summed E-state index contributed by atoms with van der Waals surface area (Å²) in [7, 11) is 0. The van der Waals surface area contributed by atoms with E-state index in [-0.39, 0.29) is 48.0 Å². The van der Waals surface area contributed by atoms with Gasteiger partial charge in [-0.15, -0.1) is 0 Å². The molecule has 0 saturated heterocycles. The number of allylic oxidation sites excluding steroid dienone is 1. The molecule has 4 aliphatic carbocycles. The number of fused-ring (bicyclic) bond motifs is 5. The fraction of sp³-hybridized carbons (Fsp3) is 0.923. The van der Waals surface area contributed by atoms with Crippen LogP contribution in [0.5, 0.6) is 0 Å². The largest absolute Gasteiger partial charge is 0.396 e. The molecule has 0 amide bonds. The Balaban J connectivity index is 1.67. The quantitative estimate of drug-likeness (QED) is 0.362. The maximum Gasteiger partial charge on any atom is 0.0857 e. The Bertz CT molecular complexity index is 727. The molecule has 0 bridgehead atoms. The third kappa shape index (κ3) is 3.44. The second-order valence-electron chi connectivity index (χ2n) is 12.3. The number of hydrogen-bond donors (Lipinski definition) is 6. The summed E-state index contributed by atoms with van der Waals surface area (Å²) in [5.41, 5.74) is -1.94. The predicted octanol–water partition coefficient (Wildman–Crippen LogP) is 1.85. The molecule has 4 rings (SSSR count). The van der Waals surface area contributed by atoms with E-state index < -0.39 is 41.3 Å². The van der Waals surface area contributed by atoms with E-state index >= 15 is 0 Å². The number of hydrogen-bond acceptors (Lipinski definition) is 6. The molecular formula is C26H44O6. The lowest BCUT2D eigenvalue weighted by Gasteiger charge is -2.66. The van der Waals surface area contributed by atoms with Crippen LogP contribution in [0.15, 0.2) is 12.2 Å². The van der Waals surface area contributed by atoms with Gasteiger partial charge in [-0.2, -0.15) is 0 Å². The van der Waals surface area contributed by atoms with Gasteiger partial charge in [-0.05, 0) is 66.6 Å². The van der Waals surface area contributed by atoms with Gasteiger partial charge in [0.1, 0.15) is 0 Å². The molecule has 0 spiro atoms. The summed E-state index contributed by atoms with van der Waals surface area (Å²) in [6.45, 7) is 8.51. The standard InChI is InChI=1S/C26H44O6/c1-14(13-27)5-6-15(2)16-11-18(29)23-24(16,3)10-8-20-25(4)9-7-17(28)22(31)21(25)19(30)12-26(20,23)32/h5-6,14-23,27-32H,7-13H2,1-4H3/b6-5+/t14?,15-,16-,17+,18-,19?,20-,21?,22+,23-,24-,25-,26+/m1/s1. The Hall–Kier alpha value is -0.500. The Morgan fingerprint density at radius 3 is 2.22 bits per heavy atom. The lowest BCUT2D eigenvalue weighted by molar-refractivity contribution is -0.280. The van der Waals surface area contributed by atoms with Gasteiger partial charge < -0.3 is 30.6 Å². The van der Waals surface area contributed by atoms with E-state index in [1.54, 1.807) is 0 Å². The van der Waals surface area contributed by atoms with Crippen molar-refractivity contribution >= 4 is 0 Å². The summed E-state index contributed by atoms with van der Waals surface area (Å²) in [6, 6.07) is 0. The fourth-order valence-corrected chi connectivity index (χ4v) is 9.01. The molecule has 6 nitrogen and oxygen atoms in total. The Morgan fingerprint density at radius 1 is 0.906 bits per heavy atom. The third-order valence-corrected chi connectivity index (χ3v) is 10.5. The first-order chi connectivity index (χ1) is 14.9. The Labute approximate surface area is 192 Å². The van der Waals surface area contributed by atoms with Crippen molar-refractivity contribution in [2.24, 2.45) is 46.3 Å². The van der Waals surface area contributed by atoms with Gasteiger partial charge in [0.2, 0.25) is 0 Å². The van der Waals surface area contributed by atoms with E-state index in [4.69, 9.17) is 0 Å². The van der Waals surface area contributed by atoms with Crippen molar-refractivity contribution in [3.05, 3.63) is 12.2 Å². The van der Waals surface area contributed by atoms with E-state index in [0.29, 0.717) is 19.3 Å². The summed E-state index contributed by atoms with van der Waals surface area (Å²) in [6.07, 6.45) is 4.36. The first-order valence-corrected chi connectivity index (χ1v) is 12.6. The molecule has 4 aliphatic rings. The molecule has 0 aromatic rings. The molecule has 4 saturated carbocycles. The lowest BCUT2D eigenvalue weighted by Crippen LogP contribution is -2.70. The molecule has 13 atom stereocenters. The third-order valence-electron chi connectivity index (χ3n) is 10.5. The average molecular weight is 453 g/mol. The van der Waals surface area contributed by atoms with Crippen LogP contribution in [-0.4, -0.2) is 67.3 Å². The Kier molecular flexibility index (Phi) is 6.40. The molecule has 6 N–H and O–H groups in total. The molecule has 6 heteroatoms. The van der Waals surface area contributed by atoms with Gasteiger partial charge in [0.05, 0.1) is 30.0 Å². The van der Waals surface area contributed by atoms with E-state index in [9.17, 15) is 30.6 Å². The molecule has 4 fully saturated rings. The van der Waals surface area contributed by atoms with Gasteiger partial charge in [-0.1, -0.05) is 39.8 Å². The number of aliphatic hydroxyl groups excluding tert-OH is 5. The summed E-state index contributed by atoms with van der Waals surface area (Å²) in [5, 5.41) is 65.1. The molecule has 184 valence electrons. The van der Waals surface area contributed by atoms with Crippen LogP contribution in [0, 0.1) is 46.3 Å². The van der Waals surface area contributed by atoms with Gasteiger partial charge in [0.15, 0.2) is 0 Å². The molecule has 0 radical (unpaired) electrons. The van der Waals surface area contributed by atoms with Crippen LogP contribution in [0.4, 0.5) is 0 Å². The van der Waals surface area contributed by atoms with Crippen LogP contribution in [-0.2, 0) is 0 Å². The van der Waals surface area contributed by atoms with Crippen molar-refractivity contribution in [2.45, 2.75) is 96.2 Å². The summed E-state index contributed by atoms with van der Waals surface area (Å²) >= 11 is 0. The topological polar surface area (TPSA) is 121 Å². The van der Waals surface area contributed by atoms with Crippen LogP contribution in [0.1, 0.15) is 66.2 Å². The van der Waals surface area contributed by atoms with Crippen molar-refractivity contribution in [3.63, 3.8) is 0 Å². The maximum absolute atomic E-state index is 12.3. The minimum absolute atomic E-state index is 0.0887. The zero-order chi connectivity index (χ0) is 23.6. The van der Waals surface area contributed by atoms with E-state index in [1.807, 2.05) is 13.0 Å². The van der Waals surface area contributed by atoms with E-state index in [1.165, 1.54) is 0 Å². The average Bonchev–Trinajstić information content (AvgIpc) is 3.00. The van der Waals surface area contributed by atoms with Crippen molar-refractivity contribution < 1.29 is 30.6 Å². The monoisotopic (exact) mass is 452 g/mol. The van der Waals surface area contributed by atoms with Crippen LogP contribution in [0.3, 0.4) is 0 Å². The Morgan fingerprint density at radius 2 is 1.56 bits per heavy atom. The van der Waals surface area contributed by atoms with Gasteiger partial charge in [0.25, 0.3) is 0 Å². The van der Waals surface area contributed by atoms with Crippen LogP contribution < -0.4 is 0 Å². The molecule has 0 aliphatic heterocycles.